The van der Waals surface area contributed by atoms with E-state index in [1.807, 2.05) is 25.2 Å². The van der Waals surface area contributed by atoms with E-state index in [9.17, 15) is 4.79 Å². The number of nitrogens with zero attached hydrogens (tertiary/aromatic N) is 4. The van der Waals surface area contributed by atoms with Gasteiger partial charge in [-0.3, -0.25) is 4.79 Å². The van der Waals surface area contributed by atoms with E-state index < -0.39 is 0 Å². The van der Waals surface area contributed by atoms with Crippen molar-refractivity contribution < 1.29 is 4.79 Å². The van der Waals surface area contributed by atoms with Gasteiger partial charge in [-0.1, -0.05) is 53.9 Å². The summed E-state index contributed by atoms with van der Waals surface area (Å²) in [7, 11) is 1.82. The second-order valence-electron chi connectivity index (χ2n) is 5.30. The monoisotopic (exact) mass is 410 g/mol. The number of aromatic nitrogens is 3. The first kappa shape index (κ1) is 18.6. The molecule has 0 saturated carbocycles. The van der Waals surface area contributed by atoms with Crippen molar-refractivity contribution in [2.24, 2.45) is 0 Å². The normalized spacial score (nSPS) is 11.1. The molecule has 0 saturated heterocycles. The topological polar surface area (TPSA) is 59.0 Å². The van der Waals surface area contributed by atoms with E-state index >= 15 is 0 Å². The lowest BCUT2D eigenvalue weighted by Crippen LogP contribution is -2.27. The lowest BCUT2D eigenvalue weighted by Gasteiger charge is -2.14. The van der Waals surface area contributed by atoms with Crippen LogP contribution in [0.5, 0.6) is 0 Å². The van der Waals surface area contributed by atoms with Crippen LogP contribution in [-0.4, -0.2) is 44.5 Å². The van der Waals surface area contributed by atoms with Crippen LogP contribution in [0.3, 0.4) is 0 Å². The minimum absolute atomic E-state index is 0.0715. The SMILES string of the molecule is CCCSc1nnc(SCC(=O)N(C)Cc2nc3ccccc3s2)s1. The number of thioether (sulfide) groups is 2. The van der Waals surface area contributed by atoms with Crippen molar-refractivity contribution in [1.82, 2.24) is 20.1 Å². The molecule has 0 atom stereocenters. The highest BCUT2D eigenvalue weighted by molar-refractivity contribution is 8.03. The highest BCUT2D eigenvalue weighted by Gasteiger charge is 2.14. The van der Waals surface area contributed by atoms with Crippen LogP contribution in [-0.2, 0) is 11.3 Å². The van der Waals surface area contributed by atoms with Crippen LogP contribution < -0.4 is 0 Å². The molecule has 132 valence electrons. The van der Waals surface area contributed by atoms with E-state index in [0.29, 0.717) is 12.3 Å². The number of amides is 1. The predicted molar refractivity (Wildman–Crippen MR) is 108 cm³/mol. The van der Waals surface area contributed by atoms with Crippen molar-refractivity contribution in [3.63, 3.8) is 0 Å². The van der Waals surface area contributed by atoms with Crippen LogP contribution in [0.4, 0.5) is 0 Å². The van der Waals surface area contributed by atoms with Gasteiger partial charge in [0.25, 0.3) is 0 Å². The molecule has 2 heterocycles. The van der Waals surface area contributed by atoms with Gasteiger partial charge in [0.2, 0.25) is 5.91 Å². The second kappa shape index (κ2) is 8.98. The molecule has 1 amide bonds. The van der Waals surface area contributed by atoms with E-state index in [-0.39, 0.29) is 5.91 Å². The summed E-state index contributed by atoms with van der Waals surface area (Å²) in [6.07, 6.45) is 1.11. The fourth-order valence-electron chi connectivity index (χ4n) is 2.02. The summed E-state index contributed by atoms with van der Waals surface area (Å²) in [5.74, 6) is 1.49. The van der Waals surface area contributed by atoms with Gasteiger partial charge in [0.05, 0.1) is 22.5 Å². The third-order valence-corrected chi connectivity index (χ3v) is 7.67. The highest BCUT2D eigenvalue weighted by atomic mass is 32.2. The lowest BCUT2D eigenvalue weighted by molar-refractivity contribution is -0.127. The summed E-state index contributed by atoms with van der Waals surface area (Å²) < 4.78 is 2.97. The average molecular weight is 411 g/mol. The molecule has 25 heavy (non-hydrogen) atoms. The van der Waals surface area contributed by atoms with Gasteiger partial charge in [0.1, 0.15) is 5.01 Å². The van der Waals surface area contributed by atoms with Crippen molar-refractivity contribution >= 4 is 62.3 Å². The average Bonchev–Trinajstić information content (AvgIpc) is 3.23. The van der Waals surface area contributed by atoms with E-state index in [2.05, 4.69) is 28.2 Å². The van der Waals surface area contributed by atoms with Crippen LogP contribution in [0.25, 0.3) is 10.2 Å². The smallest absolute Gasteiger partial charge is 0.233 e. The number of hydrogen-bond donors (Lipinski definition) is 0. The molecule has 0 bridgehead atoms. The van der Waals surface area contributed by atoms with Gasteiger partial charge >= 0.3 is 0 Å². The molecule has 3 aromatic rings. The molecule has 0 spiro atoms. The van der Waals surface area contributed by atoms with Crippen LogP contribution in [0.2, 0.25) is 0 Å². The van der Waals surface area contributed by atoms with Crippen LogP contribution in [0.15, 0.2) is 32.9 Å². The maximum Gasteiger partial charge on any atom is 0.233 e. The number of rotatable bonds is 8. The van der Waals surface area contributed by atoms with Crippen molar-refractivity contribution in [2.75, 3.05) is 18.6 Å². The molecule has 9 heteroatoms. The summed E-state index contributed by atoms with van der Waals surface area (Å²) in [5.41, 5.74) is 0.990. The summed E-state index contributed by atoms with van der Waals surface area (Å²) in [6.45, 7) is 2.68. The number of carbonyl (C=O) groups is 1. The minimum Gasteiger partial charge on any atom is -0.338 e. The van der Waals surface area contributed by atoms with Gasteiger partial charge in [-0.15, -0.1) is 21.5 Å². The second-order valence-corrected chi connectivity index (χ2v) is 9.95. The number of hydrogen-bond acceptors (Lipinski definition) is 8. The molecule has 5 nitrogen and oxygen atoms in total. The first-order chi connectivity index (χ1) is 12.2. The zero-order valence-electron chi connectivity index (χ0n) is 14.0. The Morgan fingerprint density at radius 2 is 1.92 bits per heavy atom. The standard InChI is InChI=1S/C16H18N4OS4/c1-3-8-22-15-18-19-16(25-15)23-10-14(21)20(2)9-13-17-11-6-4-5-7-12(11)24-13/h4-7H,3,8-10H2,1-2H3. The Balaban J connectivity index is 1.51. The largest absolute Gasteiger partial charge is 0.338 e. The molecule has 0 fully saturated rings. The third kappa shape index (κ3) is 5.16. The predicted octanol–water partition coefficient (Wildman–Crippen LogP) is 4.40. The quantitative estimate of drug-likeness (QED) is 0.513. The summed E-state index contributed by atoms with van der Waals surface area (Å²) in [4.78, 5) is 18.6. The van der Waals surface area contributed by atoms with Gasteiger partial charge in [0.15, 0.2) is 8.68 Å². The molecule has 0 aliphatic rings. The van der Waals surface area contributed by atoms with Gasteiger partial charge in [0, 0.05) is 12.8 Å². The number of para-hydroxylation sites is 1. The molecular weight excluding hydrogens is 392 g/mol. The van der Waals surface area contributed by atoms with Crippen molar-refractivity contribution in [2.45, 2.75) is 28.6 Å². The van der Waals surface area contributed by atoms with E-state index in [1.54, 1.807) is 39.3 Å². The number of fused-ring (bicyclic) bond motifs is 1. The maximum absolute atomic E-state index is 12.3. The lowest BCUT2D eigenvalue weighted by atomic mass is 10.3. The van der Waals surface area contributed by atoms with Crippen LogP contribution in [0.1, 0.15) is 18.4 Å². The number of benzene rings is 1. The molecule has 0 N–H and O–H groups in total. The Hall–Kier alpha value is -1.16. The van der Waals surface area contributed by atoms with Crippen LogP contribution >= 0.6 is 46.2 Å². The summed E-state index contributed by atoms with van der Waals surface area (Å²) in [5, 5.41) is 9.24. The molecule has 0 aliphatic carbocycles. The first-order valence-electron chi connectivity index (χ1n) is 7.83. The van der Waals surface area contributed by atoms with Crippen molar-refractivity contribution in [1.29, 1.82) is 0 Å². The van der Waals surface area contributed by atoms with Gasteiger partial charge < -0.3 is 4.90 Å². The number of carbonyl (C=O) groups excluding carboxylic acids is 1. The van der Waals surface area contributed by atoms with E-state index in [4.69, 9.17) is 0 Å². The van der Waals surface area contributed by atoms with E-state index in [0.717, 1.165) is 36.1 Å². The molecule has 1 aromatic carbocycles. The molecule has 0 unspecified atom stereocenters. The Morgan fingerprint density at radius 3 is 2.68 bits per heavy atom. The summed E-state index contributed by atoms with van der Waals surface area (Å²) in [6, 6.07) is 8.03. The molecular formula is C16H18N4OS4. The van der Waals surface area contributed by atoms with E-state index in [1.165, 1.54) is 11.8 Å². The summed E-state index contributed by atoms with van der Waals surface area (Å²) >= 11 is 6.35. The number of thiazole rings is 1. The van der Waals surface area contributed by atoms with Gasteiger partial charge in [-0.2, -0.15) is 0 Å². The Kier molecular flexibility index (Phi) is 6.69. The van der Waals surface area contributed by atoms with Crippen molar-refractivity contribution in [3.05, 3.63) is 29.3 Å². The Morgan fingerprint density at radius 1 is 1.16 bits per heavy atom. The molecule has 0 radical (unpaired) electrons. The molecule has 3 rings (SSSR count). The minimum atomic E-state index is 0.0715. The first-order valence-corrected chi connectivity index (χ1v) is 11.4. The van der Waals surface area contributed by atoms with Crippen molar-refractivity contribution in [3.8, 4) is 0 Å². The van der Waals surface area contributed by atoms with Gasteiger partial charge in [-0.25, -0.2) is 4.98 Å². The highest BCUT2D eigenvalue weighted by Crippen LogP contribution is 2.29. The Labute approximate surface area is 163 Å². The maximum atomic E-state index is 12.3. The zero-order valence-corrected chi connectivity index (χ0v) is 17.2. The van der Waals surface area contributed by atoms with Gasteiger partial charge in [-0.05, 0) is 18.6 Å². The fraction of sp³-hybridized carbons (Fsp3) is 0.375. The third-order valence-electron chi connectivity index (χ3n) is 3.27. The zero-order chi connectivity index (χ0) is 17.6. The molecule has 2 aromatic heterocycles. The van der Waals surface area contributed by atoms with Crippen LogP contribution in [0, 0.1) is 0 Å². The fourth-order valence-corrected chi connectivity index (χ4v) is 5.92. The molecule has 0 aliphatic heterocycles. The Bertz CT molecular complexity index is 814.